The number of aliphatic carboxylic acids is 1. The highest BCUT2D eigenvalue weighted by Crippen LogP contribution is 2.38. The lowest BCUT2D eigenvalue weighted by Crippen LogP contribution is -2.39. The van der Waals surface area contributed by atoms with Crippen LogP contribution in [0.5, 0.6) is 0 Å². The van der Waals surface area contributed by atoms with Gasteiger partial charge in [-0.2, -0.15) is 0 Å². The Labute approximate surface area is 98.8 Å². The lowest BCUT2D eigenvalue weighted by molar-refractivity contribution is -0.151. The van der Waals surface area contributed by atoms with Crippen LogP contribution in [0.1, 0.15) is 46.5 Å². The summed E-state index contributed by atoms with van der Waals surface area (Å²) in [7, 11) is 0. The molecule has 1 aliphatic heterocycles. The minimum absolute atomic E-state index is 0.223. The smallest absolute Gasteiger partial charge is 0.311 e. The van der Waals surface area contributed by atoms with Gasteiger partial charge in [0.1, 0.15) is 0 Å². The van der Waals surface area contributed by atoms with E-state index in [0.717, 1.165) is 26.1 Å². The molecule has 0 spiro atoms. The first kappa shape index (κ1) is 13.5. The van der Waals surface area contributed by atoms with Crippen LogP contribution in [0.15, 0.2) is 0 Å². The average molecular weight is 227 g/mol. The van der Waals surface area contributed by atoms with E-state index in [-0.39, 0.29) is 5.92 Å². The molecule has 1 unspecified atom stereocenters. The molecule has 0 aromatic carbocycles. The number of rotatable bonds is 6. The van der Waals surface area contributed by atoms with Crippen LogP contribution in [0, 0.1) is 11.3 Å². The summed E-state index contributed by atoms with van der Waals surface area (Å²) in [5.74, 6) is -0.387. The molecule has 0 aromatic rings. The number of hydrogen-bond acceptors (Lipinski definition) is 2. The first-order valence-electron chi connectivity index (χ1n) is 6.48. The summed E-state index contributed by atoms with van der Waals surface area (Å²) in [5.41, 5.74) is -0.494. The summed E-state index contributed by atoms with van der Waals surface area (Å²) in [6.45, 7) is 9.01. The molecule has 1 N–H and O–H groups in total. The van der Waals surface area contributed by atoms with Crippen LogP contribution in [0.2, 0.25) is 0 Å². The molecule has 1 saturated heterocycles. The predicted octanol–water partition coefficient (Wildman–Crippen LogP) is 2.61. The molecule has 3 nitrogen and oxygen atoms in total. The Balaban J connectivity index is 2.51. The maximum atomic E-state index is 11.4. The number of unbranched alkanes of at least 4 members (excludes halogenated alkanes) is 2. The van der Waals surface area contributed by atoms with E-state index in [9.17, 15) is 9.90 Å². The molecular weight excluding hydrogens is 202 g/mol. The van der Waals surface area contributed by atoms with Gasteiger partial charge in [0.15, 0.2) is 0 Å². The van der Waals surface area contributed by atoms with Crippen molar-refractivity contribution in [2.75, 3.05) is 19.6 Å². The van der Waals surface area contributed by atoms with Gasteiger partial charge >= 0.3 is 5.97 Å². The van der Waals surface area contributed by atoms with Crippen LogP contribution in [0.3, 0.4) is 0 Å². The number of nitrogens with zero attached hydrogens (tertiary/aromatic N) is 1. The van der Waals surface area contributed by atoms with Crippen molar-refractivity contribution < 1.29 is 9.90 Å². The van der Waals surface area contributed by atoms with E-state index in [1.54, 1.807) is 0 Å². The van der Waals surface area contributed by atoms with Gasteiger partial charge in [0.2, 0.25) is 0 Å². The lowest BCUT2D eigenvalue weighted by atomic mass is 9.76. The van der Waals surface area contributed by atoms with E-state index in [4.69, 9.17) is 0 Å². The number of hydrogen-bond donors (Lipinski definition) is 1. The van der Waals surface area contributed by atoms with Crippen molar-refractivity contribution in [3.05, 3.63) is 0 Å². The first-order chi connectivity index (χ1) is 7.53. The second-order valence-electron chi connectivity index (χ2n) is 5.35. The van der Waals surface area contributed by atoms with Crippen LogP contribution in [0.4, 0.5) is 0 Å². The Morgan fingerprint density at radius 2 is 2.12 bits per heavy atom. The molecule has 0 aliphatic carbocycles. The van der Waals surface area contributed by atoms with Gasteiger partial charge in [0, 0.05) is 6.54 Å². The third-order valence-electron chi connectivity index (χ3n) is 3.99. The van der Waals surface area contributed by atoms with Crippen molar-refractivity contribution in [1.29, 1.82) is 0 Å². The molecule has 1 aliphatic rings. The zero-order valence-electron chi connectivity index (χ0n) is 10.8. The van der Waals surface area contributed by atoms with Gasteiger partial charge in [-0.25, -0.2) is 0 Å². The van der Waals surface area contributed by atoms with Crippen LogP contribution >= 0.6 is 0 Å². The summed E-state index contributed by atoms with van der Waals surface area (Å²) in [6.07, 6.45) is 4.48. The normalized spacial score (nSPS) is 26.5. The van der Waals surface area contributed by atoms with Crippen molar-refractivity contribution in [2.24, 2.45) is 11.3 Å². The quantitative estimate of drug-likeness (QED) is 0.709. The van der Waals surface area contributed by atoms with Gasteiger partial charge < -0.3 is 10.0 Å². The molecule has 1 atom stereocenters. The Bertz CT molecular complexity index is 240. The van der Waals surface area contributed by atoms with Gasteiger partial charge in [-0.15, -0.1) is 0 Å². The molecule has 0 aromatic heterocycles. The van der Waals surface area contributed by atoms with Crippen molar-refractivity contribution >= 4 is 5.97 Å². The average Bonchev–Trinajstić information content (AvgIpc) is 2.64. The van der Waals surface area contributed by atoms with Gasteiger partial charge in [-0.1, -0.05) is 33.6 Å². The molecular formula is C13H25NO2. The van der Waals surface area contributed by atoms with E-state index < -0.39 is 11.4 Å². The Morgan fingerprint density at radius 3 is 2.56 bits per heavy atom. The largest absolute Gasteiger partial charge is 0.481 e. The molecule has 0 radical (unpaired) electrons. The Morgan fingerprint density at radius 1 is 1.44 bits per heavy atom. The minimum Gasteiger partial charge on any atom is -0.481 e. The summed E-state index contributed by atoms with van der Waals surface area (Å²) >= 11 is 0. The van der Waals surface area contributed by atoms with E-state index in [1.165, 1.54) is 19.3 Å². The second kappa shape index (κ2) is 5.67. The third-order valence-corrected chi connectivity index (χ3v) is 3.99. The van der Waals surface area contributed by atoms with Crippen LogP contribution in [-0.4, -0.2) is 35.6 Å². The molecule has 94 valence electrons. The highest BCUT2D eigenvalue weighted by atomic mass is 16.4. The topological polar surface area (TPSA) is 40.5 Å². The fraction of sp³-hybridized carbons (Fsp3) is 0.923. The zero-order valence-corrected chi connectivity index (χ0v) is 10.8. The van der Waals surface area contributed by atoms with E-state index in [2.05, 4.69) is 11.8 Å². The van der Waals surface area contributed by atoms with E-state index in [1.807, 2.05) is 13.8 Å². The van der Waals surface area contributed by atoms with Gasteiger partial charge in [0.05, 0.1) is 5.41 Å². The third kappa shape index (κ3) is 2.76. The molecule has 0 bridgehead atoms. The second-order valence-corrected chi connectivity index (χ2v) is 5.35. The number of carboxylic acid groups (broad SMARTS) is 1. The van der Waals surface area contributed by atoms with Gasteiger partial charge in [0.25, 0.3) is 0 Å². The number of likely N-dealkylation sites (tertiary alicyclic amines) is 1. The summed E-state index contributed by atoms with van der Waals surface area (Å²) in [4.78, 5) is 13.7. The number of carbonyl (C=O) groups is 1. The standard InChI is InChI=1S/C13H25NO2/c1-4-5-6-8-14-9-7-13(10-14,11(2)3)12(15)16/h11H,4-10H2,1-3H3,(H,15,16). The highest BCUT2D eigenvalue weighted by Gasteiger charge is 2.46. The molecule has 0 amide bonds. The lowest BCUT2D eigenvalue weighted by Gasteiger charge is -2.28. The molecule has 16 heavy (non-hydrogen) atoms. The summed E-state index contributed by atoms with van der Waals surface area (Å²) in [5, 5.41) is 9.40. The van der Waals surface area contributed by atoms with Crippen LogP contribution in [-0.2, 0) is 4.79 Å². The number of carboxylic acids is 1. The molecule has 3 heteroatoms. The Kier molecular flexibility index (Phi) is 4.78. The molecule has 0 saturated carbocycles. The first-order valence-corrected chi connectivity index (χ1v) is 6.48. The molecule has 1 rings (SSSR count). The molecule has 1 fully saturated rings. The SMILES string of the molecule is CCCCCN1CCC(C(=O)O)(C(C)C)C1. The maximum absolute atomic E-state index is 11.4. The monoisotopic (exact) mass is 227 g/mol. The van der Waals surface area contributed by atoms with E-state index >= 15 is 0 Å². The van der Waals surface area contributed by atoms with Crippen molar-refractivity contribution in [2.45, 2.75) is 46.5 Å². The highest BCUT2D eigenvalue weighted by molar-refractivity contribution is 5.75. The van der Waals surface area contributed by atoms with Crippen LogP contribution in [0.25, 0.3) is 0 Å². The van der Waals surface area contributed by atoms with E-state index in [0.29, 0.717) is 0 Å². The molecule has 1 heterocycles. The van der Waals surface area contributed by atoms with Gasteiger partial charge in [-0.05, 0) is 31.8 Å². The van der Waals surface area contributed by atoms with Gasteiger partial charge in [-0.3, -0.25) is 4.79 Å². The van der Waals surface area contributed by atoms with Crippen LogP contribution < -0.4 is 0 Å². The maximum Gasteiger partial charge on any atom is 0.311 e. The van der Waals surface area contributed by atoms with Crippen molar-refractivity contribution in [1.82, 2.24) is 4.90 Å². The summed E-state index contributed by atoms with van der Waals surface area (Å²) in [6, 6.07) is 0. The summed E-state index contributed by atoms with van der Waals surface area (Å²) < 4.78 is 0. The van der Waals surface area contributed by atoms with Crippen molar-refractivity contribution in [3.8, 4) is 0 Å². The zero-order chi connectivity index (χ0) is 12.2. The minimum atomic E-state index is -0.611. The fourth-order valence-corrected chi connectivity index (χ4v) is 2.58. The Hall–Kier alpha value is -0.570. The van der Waals surface area contributed by atoms with Crippen molar-refractivity contribution in [3.63, 3.8) is 0 Å². The fourth-order valence-electron chi connectivity index (χ4n) is 2.58. The predicted molar refractivity (Wildman–Crippen MR) is 65.5 cm³/mol.